The number of rotatable bonds is 2. The normalized spacial score (nSPS) is 13.7. The van der Waals surface area contributed by atoms with Crippen LogP contribution in [0.4, 0.5) is 0 Å². The van der Waals surface area contributed by atoms with E-state index in [2.05, 4.69) is 129 Å². The predicted octanol–water partition coefficient (Wildman–Crippen LogP) is 2.99. The van der Waals surface area contributed by atoms with Crippen LogP contribution in [0.2, 0.25) is 0 Å². The molecule has 190 valence electrons. The van der Waals surface area contributed by atoms with E-state index in [1.54, 1.807) is 3.81 Å². The Bertz CT molecular complexity index is 1280. The standard InChI is InChI=1S/C25H17.C5H8.C5H5.2ClH.Ti/c1-3-7-18(8-4-1)20-11-13-24-22(15-20)17-23-16-21(12-14-25(23)24)19-9-5-2-6-10-19;2*1-2-4-5-3-1;;;/h1-15H,17H2;1-4H2;1-3H,4H2;2*1H;/q-1;;-1;;;+2/p-2. The second-order valence-electron chi connectivity index (χ2n) is 9.36. The first kappa shape index (κ1) is 30.1. The summed E-state index contributed by atoms with van der Waals surface area (Å²) in [5.41, 5.74) is 10.4. The molecule has 0 bridgehead atoms. The molecule has 0 amide bonds. The third-order valence-electron chi connectivity index (χ3n) is 6.77. The minimum atomic E-state index is 0. The third kappa shape index (κ3) is 7.78. The van der Waals surface area contributed by atoms with Crippen molar-refractivity contribution in [2.45, 2.75) is 38.5 Å². The van der Waals surface area contributed by atoms with Gasteiger partial charge in [-0.25, -0.2) is 12.2 Å². The third-order valence-corrected chi connectivity index (χ3v) is 7.56. The van der Waals surface area contributed by atoms with Crippen molar-refractivity contribution in [3.05, 3.63) is 132 Å². The van der Waals surface area contributed by atoms with Gasteiger partial charge in [-0.1, -0.05) is 95.6 Å². The van der Waals surface area contributed by atoms with Crippen LogP contribution in [-0.4, -0.2) is 3.81 Å². The van der Waals surface area contributed by atoms with Gasteiger partial charge < -0.3 is 24.8 Å². The van der Waals surface area contributed by atoms with Crippen LogP contribution in [0.15, 0.2) is 109 Å². The van der Waals surface area contributed by atoms with Crippen LogP contribution in [0.5, 0.6) is 0 Å². The van der Waals surface area contributed by atoms with Crippen molar-refractivity contribution < 1.29 is 44.8 Å². The second kappa shape index (κ2) is 15.2. The fourth-order valence-electron chi connectivity index (χ4n) is 4.86. The number of fused-ring (bicyclic) bond motifs is 3. The molecule has 0 aliphatic heterocycles. The minimum absolute atomic E-state index is 0. The monoisotopic (exact) mass is 568 g/mol. The average Bonchev–Trinajstić information content (AvgIpc) is 3.73. The molecule has 38 heavy (non-hydrogen) atoms. The molecular formula is C35H30Cl2Ti-2. The van der Waals surface area contributed by atoms with Gasteiger partial charge in [-0.15, -0.1) is 35.7 Å². The van der Waals surface area contributed by atoms with Crippen molar-refractivity contribution in [1.29, 1.82) is 0 Å². The van der Waals surface area contributed by atoms with Crippen molar-refractivity contribution >= 4 is 3.81 Å². The van der Waals surface area contributed by atoms with Gasteiger partial charge in [0, 0.05) is 0 Å². The van der Waals surface area contributed by atoms with Gasteiger partial charge in [-0.2, -0.15) is 6.08 Å². The summed E-state index contributed by atoms with van der Waals surface area (Å²) < 4.78 is 1.70. The van der Waals surface area contributed by atoms with Crippen molar-refractivity contribution in [2.24, 2.45) is 0 Å². The van der Waals surface area contributed by atoms with Gasteiger partial charge in [0.2, 0.25) is 0 Å². The van der Waals surface area contributed by atoms with E-state index in [-0.39, 0.29) is 24.8 Å². The zero-order valence-electron chi connectivity index (χ0n) is 21.4. The Morgan fingerprint density at radius 1 is 0.658 bits per heavy atom. The van der Waals surface area contributed by atoms with Gasteiger partial charge in [0.05, 0.1) is 0 Å². The van der Waals surface area contributed by atoms with Gasteiger partial charge in [0.1, 0.15) is 0 Å². The molecule has 0 saturated heterocycles. The van der Waals surface area contributed by atoms with Gasteiger partial charge in [0.25, 0.3) is 0 Å². The number of halogens is 2. The van der Waals surface area contributed by atoms with E-state index in [1.165, 1.54) is 70.2 Å². The molecular weight excluding hydrogens is 539 g/mol. The molecule has 4 aromatic carbocycles. The van der Waals surface area contributed by atoms with Crippen LogP contribution in [0.1, 0.15) is 43.2 Å². The van der Waals surface area contributed by atoms with Crippen LogP contribution in [0, 0.1) is 12.1 Å². The topological polar surface area (TPSA) is 0 Å². The maximum atomic E-state index is 3.65. The van der Waals surface area contributed by atoms with Gasteiger partial charge >= 0.3 is 49.5 Å². The summed E-state index contributed by atoms with van der Waals surface area (Å²) in [6.07, 6.45) is 16.7. The Hall–Kier alpha value is -2.48. The first-order valence-corrected chi connectivity index (χ1v) is 13.6. The molecule has 3 aliphatic carbocycles. The van der Waals surface area contributed by atoms with Crippen molar-refractivity contribution in [3.63, 3.8) is 0 Å². The van der Waals surface area contributed by atoms with E-state index in [0.29, 0.717) is 0 Å². The molecule has 0 aromatic heterocycles. The molecule has 1 saturated carbocycles. The van der Waals surface area contributed by atoms with E-state index in [1.807, 2.05) is 12.2 Å². The van der Waals surface area contributed by atoms with Crippen LogP contribution in [0.3, 0.4) is 0 Å². The molecule has 0 N–H and O–H groups in total. The molecule has 0 atom stereocenters. The number of hydrogen-bond acceptors (Lipinski definition) is 0. The first-order chi connectivity index (χ1) is 17.8. The van der Waals surface area contributed by atoms with E-state index in [0.717, 1.165) is 12.8 Å². The van der Waals surface area contributed by atoms with Crippen molar-refractivity contribution in [2.75, 3.05) is 0 Å². The largest absolute Gasteiger partial charge is 0.143 e. The zero-order valence-corrected chi connectivity index (χ0v) is 24.5. The average molecular weight is 569 g/mol. The zero-order chi connectivity index (χ0) is 24.6. The number of benzene rings is 4. The van der Waals surface area contributed by atoms with Gasteiger partial charge in [0.15, 0.2) is 0 Å². The van der Waals surface area contributed by atoms with Crippen LogP contribution in [0.25, 0.3) is 33.4 Å². The second-order valence-corrected chi connectivity index (χ2v) is 10.5. The van der Waals surface area contributed by atoms with E-state index < -0.39 is 0 Å². The Morgan fingerprint density at radius 3 is 1.87 bits per heavy atom. The molecule has 3 aliphatic rings. The Balaban J connectivity index is 0.000000257. The molecule has 7 rings (SSSR count). The number of hydrogen-bond donors (Lipinski definition) is 0. The van der Waals surface area contributed by atoms with Gasteiger partial charge in [-0.05, 0) is 23.1 Å². The summed E-state index contributed by atoms with van der Waals surface area (Å²) in [6.45, 7) is 0. The summed E-state index contributed by atoms with van der Waals surface area (Å²) in [7, 11) is 0. The maximum Gasteiger partial charge on any atom is -0.0181 e. The van der Waals surface area contributed by atoms with Gasteiger partial charge in [-0.3, -0.25) is 6.08 Å². The fourth-order valence-corrected chi connectivity index (χ4v) is 5.41. The summed E-state index contributed by atoms with van der Waals surface area (Å²) in [4.78, 5) is 0. The van der Waals surface area contributed by atoms with Crippen LogP contribution < -0.4 is 24.8 Å². The quantitative estimate of drug-likeness (QED) is 0.227. The Kier molecular flexibility index (Phi) is 12.0. The molecule has 4 aromatic rings. The molecule has 1 fully saturated rings. The predicted molar refractivity (Wildman–Crippen MR) is 149 cm³/mol. The fraction of sp³-hybridized carbons (Fsp3) is 0.171. The number of allylic oxidation sites excluding steroid dienone is 4. The molecule has 0 spiro atoms. The molecule has 0 radical (unpaired) electrons. The van der Waals surface area contributed by atoms with Crippen LogP contribution in [-0.2, 0) is 26.4 Å². The van der Waals surface area contributed by atoms with E-state index in [9.17, 15) is 0 Å². The first-order valence-electron chi connectivity index (χ1n) is 12.9. The van der Waals surface area contributed by atoms with Crippen molar-refractivity contribution in [1.82, 2.24) is 0 Å². The summed E-state index contributed by atoms with van der Waals surface area (Å²) in [5, 5.41) is 0. The van der Waals surface area contributed by atoms with Crippen molar-refractivity contribution in [3.8, 4) is 33.4 Å². The van der Waals surface area contributed by atoms with E-state index in [4.69, 9.17) is 0 Å². The summed E-state index contributed by atoms with van der Waals surface area (Å²) >= 11 is 2.26. The maximum absolute atomic E-state index is 3.65. The Morgan fingerprint density at radius 2 is 1.32 bits per heavy atom. The van der Waals surface area contributed by atoms with E-state index >= 15 is 0 Å². The Labute approximate surface area is 251 Å². The molecule has 0 unspecified atom stereocenters. The van der Waals surface area contributed by atoms with Crippen LogP contribution >= 0.6 is 0 Å². The summed E-state index contributed by atoms with van der Waals surface area (Å²) in [5.74, 6) is 0. The minimum Gasteiger partial charge on any atom is -0.143 e. The molecule has 0 heterocycles. The molecule has 0 nitrogen and oxygen atoms in total. The smallest absolute Gasteiger partial charge is 0.0181 e. The SMILES string of the molecule is [C-]1=CC=CC1.[Cl-].[Cl-].[Ti+2]=[C]1CCCC1.[c-]1c(-c2ccccc2)ccc2c1Cc1cc(-c3ccccc3)ccc1-2. The summed E-state index contributed by atoms with van der Waals surface area (Å²) in [6, 6.07) is 36.0. The molecule has 3 heteroatoms.